The number of rotatable bonds is 15. The second-order valence-corrected chi connectivity index (χ2v) is 9.87. The van der Waals surface area contributed by atoms with Gasteiger partial charge in [0.2, 0.25) is 18.2 Å². The van der Waals surface area contributed by atoms with E-state index in [1.807, 2.05) is 0 Å². The topological polar surface area (TPSA) is 134 Å². The maximum Gasteiger partial charge on any atom is 0.243 e. The highest BCUT2D eigenvalue weighted by Crippen LogP contribution is 2.27. The van der Waals surface area contributed by atoms with Gasteiger partial charge in [-0.2, -0.15) is 0 Å². The maximum atomic E-state index is 12.9. The van der Waals surface area contributed by atoms with E-state index >= 15 is 0 Å². The summed E-state index contributed by atoms with van der Waals surface area (Å²) in [5, 5.41) is 7.41. The Kier molecular flexibility index (Phi) is 12.8. The summed E-state index contributed by atoms with van der Waals surface area (Å²) < 4.78 is 0. The van der Waals surface area contributed by atoms with Crippen LogP contribution in [0.25, 0.3) is 0 Å². The van der Waals surface area contributed by atoms with Crippen LogP contribution in [0.5, 0.6) is 0 Å². The molecule has 1 saturated heterocycles. The molecule has 2 atom stereocenters. The number of likely N-dealkylation sites (tertiary alicyclic amines) is 1. The fourth-order valence-electron chi connectivity index (χ4n) is 5.08. The summed E-state index contributed by atoms with van der Waals surface area (Å²) in [5.41, 5.74) is 6.76. The quantitative estimate of drug-likeness (QED) is 0.123. The SMILES string of the molecule is CC(NC(=O)C1CCCN1C(=O)CCCC/C(N)=C/N(N)CCCCNC=O)C1CCCCC1. The first kappa shape index (κ1) is 28.0. The van der Waals surface area contributed by atoms with Crippen molar-refractivity contribution in [1.82, 2.24) is 20.5 Å². The van der Waals surface area contributed by atoms with Crippen LogP contribution in [0.4, 0.5) is 0 Å². The molecule has 0 spiro atoms. The normalized spacial score (nSPS) is 20.1. The van der Waals surface area contributed by atoms with Crippen molar-refractivity contribution in [3.05, 3.63) is 11.9 Å². The third-order valence-corrected chi connectivity index (χ3v) is 7.11. The molecule has 194 valence electrons. The number of unbranched alkanes of at least 4 members (excludes halogenated alkanes) is 2. The largest absolute Gasteiger partial charge is 0.401 e. The number of hydrogen-bond acceptors (Lipinski definition) is 6. The van der Waals surface area contributed by atoms with Gasteiger partial charge in [-0.3, -0.25) is 14.4 Å². The van der Waals surface area contributed by atoms with E-state index in [4.69, 9.17) is 11.6 Å². The van der Waals surface area contributed by atoms with Gasteiger partial charge in [-0.25, -0.2) is 5.84 Å². The predicted molar refractivity (Wildman–Crippen MR) is 134 cm³/mol. The molecular weight excluding hydrogens is 432 g/mol. The van der Waals surface area contributed by atoms with Gasteiger partial charge >= 0.3 is 0 Å². The monoisotopic (exact) mass is 478 g/mol. The Bertz CT molecular complexity index is 665. The number of hydrazine groups is 1. The van der Waals surface area contributed by atoms with Crippen LogP contribution >= 0.6 is 0 Å². The molecule has 0 radical (unpaired) electrons. The molecule has 34 heavy (non-hydrogen) atoms. The lowest BCUT2D eigenvalue weighted by Crippen LogP contribution is -2.49. The number of nitrogens with one attached hydrogen (secondary N) is 2. The van der Waals surface area contributed by atoms with Gasteiger partial charge in [0.15, 0.2) is 0 Å². The number of allylic oxidation sites excluding steroid dienone is 1. The summed E-state index contributed by atoms with van der Waals surface area (Å²) >= 11 is 0. The second-order valence-electron chi connectivity index (χ2n) is 9.87. The van der Waals surface area contributed by atoms with E-state index < -0.39 is 0 Å². The van der Waals surface area contributed by atoms with E-state index in [-0.39, 0.29) is 23.9 Å². The van der Waals surface area contributed by atoms with Crippen LogP contribution in [0.15, 0.2) is 11.9 Å². The Balaban J connectivity index is 1.66. The Hall–Kier alpha value is -2.29. The fourth-order valence-corrected chi connectivity index (χ4v) is 5.08. The second kappa shape index (κ2) is 15.6. The van der Waals surface area contributed by atoms with E-state index in [2.05, 4.69) is 17.6 Å². The highest BCUT2D eigenvalue weighted by Gasteiger charge is 2.35. The van der Waals surface area contributed by atoms with Crippen LogP contribution in [-0.4, -0.2) is 59.9 Å². The van der Waals surface area contributed by atoms with E-state index in [1.165, 1.54) is 32.1 Å². The molecule has 3 amide bonds. The van der Waals surface area contributed by atoms with Crippen molar-refractivity contribution in [3.63, 3.8) is 0 Å². The molecule has 0 aromatic rings. The molecule has 0 aromatic carbocycles. The van der Waals surface area contributed by atoms with E-state index in [0.29, 0.717) is 50.5 Å². The van der Waals surface area contributed by atoms with Gasteiger partial charge in [0.05, 0.1) is 0 Å². The van der Waals surface area contributed by atoms with Crippen molar-refractivity contribution < 1.29 is 14.4 Å². The number of nitrogens with two attached hydrogens (primary N) is 2. The minimum Gasteiger partial charge on any atom is -0.401 e. The van der Waals surface area contributed by atoms with Gasteiger partial charge in [0.1, 0.15) is 6.04 Å². The van der Waals surface area contributed by atoms with Crippen molar-refractivity contribution in [2.75, 3.05) is 19.6 Å². The van der Waals surface area contributed by atoms with Gasteiger partial charge < -0.3 is 26.3 Å². The molecule has 1 aliphatic carbocycles. The third kappa shape index (κ3) is 9.91. The molecule has 9 nitrogen and oxygen atoms in total. The number of nitrogens with zero attached hydrogens (tertiary/aromatic N) is 2. The minimum atomic E-state index is -0.323. The molecule has 0 aromatic heterocycles. The van der Waals surface area contributed by atoms with E-state index in [1.54, 1.807) is 16.1 Å². The molecule has 1 aliphatic heterocycles. The molecule has 2 unspecified atom stereocenters. The zero-order valence-corrected chi connectivity index (χ0v) is 21.0. The molecule has 1 heterocycles. The molecule has 2 fully saturated rings. The van der Waals surface area contributed by atoms with E-state index in [0.717, 1.165) is 38.5 Å². The van der Waals surface area contributed by atoms with E-state index in [9.17, 15) is 14.4 Å². The first-order valence-corrected chi connectivity index (χ1v) is 13.2. The lowest BCUT2D eigenvalue weighted by atomic mass is 9.84. The van der Waals surface area contributed by atoms with Crippen LogP contribution in [0, 0.1) is 5.92 Å². The maximum absolute atomic E-state index is 12.9. The molecule has 9 heteroatoms. The number of carbonyl (C=O) groups is 3. The van der Waals surface area contributed by atoms with Crippen molar-refractivity contribution >= 4 is 18.2 Å². The number of carbonyl (C=O) groups excluding carboxylic acids is 3. The fraction of sp³-hybridized carbons (Fsp3) is 0.800. The van der Waals surface area contributed by atoms with Gasteiger partial charge in [0.25, 0.3) is 0 Å². The molecular formula is C25H46N6O3. The van der Waals surface area contributed by atoms with Crippen molar-refractivity contribution in [3.8, 4) is 0 Å². The first-order chi connectivity index (χ1) is 16.4. The average molecular weight is 479 g/mol. The number of amides is 3. The van der Waals surface area contributed by atoms with Crippen LogP contribution in [0.3, 0.4) is 0 Å². The lowest BCUT2D eigenvalue weighted by molar-refractivity contribution is -0.139. The van der Waals surface area contributed by atoms with Crippen molar-refractivity contribution in [1.29, 1.82) is 0 Å². The Morgan fingerprint density at radius 3 is 2.53 bits per heavy atom. The summed E-state index contributed by atoms with van der Waals surface area (Å²) in [6, 6.07) is -0.147. The Morgan fingerprint density at radius 1 is 1.06 bits per heavy atom. The van der Waals surface area contributed by atoms with Gasteiger partial charge in [-0.1, -0.05) is 19.3 Å². The van der Waals surface area contributed by atoms with Crippen LogP contribution in [-0.2, 0) is 14.4 Å². The molecule has 2 aliphatic rings. The molecule has 2 rings (SSSR count). The smallest absolute Gasteiger partial charge is 0.243 e. The highest BCUT2D eigenvalue weighted by atomic mass is 16.2. The molecule has 0 bridgehead atoms. The van der Waals surface area contributed by atoms with Crippen LogP contribution < -0.4 is 22.2 Å². The summed E-state index contributed by atoms with van der Waals surface area (Å²) in [5.74, 6) is 6.58. The molecule has 6 N–H and O–H groups in total. The molecule has 1 saturated carbocycles. The lowest BCUT2D eigenvalue weighted by Gasteiger charge is -2.31. The van der Waals surface area contributed by atoms with Crippen LogP contribution in [0.2, 0.25) is 0 Å². The van der Waals surface area contributed by atoms with Gasteiger partial charge in [0, 0.05) is 44.0 Å². The summed E-state index contributed by atoms with van der Waals surface area (Å²) in [6.45, 7) is 4.09. The first-order valence-electron chi connectivity index (χ1n) is 13.2. The minimum absolute atomic E-state index is 0.0149. The highest BCUT2D eigenvalue weighted by molar-refractivity contribution is 5.88. The van der Waals surface area contributed by atoms with Gasteiger partial charge in [-0.15, -0.1) is 0 Å². The standard InChI is InChI=1S/C25H46N6O3/c1-20(21-10-3-2-4-11-21)29-25(34)23-13-9-17-31(23)24(33)14-6-5-12-22(26)18-30(27)16-8-7-15-28-19-32/h18-21,23H,2-17,26-27H2,1H3,(H,28,32)(H,29,34)/b22-18-. The van der Waals surface area contributed by atoms with Crippen LogP contribution in [0.1, 0.15) is 90.4 Å². The van der Waals surface area contributed by atoms with Crippen molar-refractivity contribution in [2.45, 2.75) is 102 Å². The van der Waals surface area contributed by atoms with Gasteiger partial charge in [-0.05, 0) is 70.6 Å². The van der Waals surface area contributed by atoms with Crippen molar-refractivity contribution in [2.24, 2.45) is 17.5 Å². The Labute approximate surface area is 205 Å². The average Bonchev–Trinajstić information content (AvgIpc) is 3.32. The number of hydrogen-bond donors (Lipinski definition) is 4. The zero-order valence-electron chi connectivity index (χ0n) is 21.0. The summed E-state index contributed by atoms with van der Waals surface area (Å²) in [4.78, 5) is 37.7. The predicted octanol–water partition coefficient (Wildman–Crippen LogP) is 2.12. The Morgan fingerprint density at radius 2 is 1.79 bits per heavy atom. The summed E-state index contributed by atoms with van der Waals surface area (Å²) in [7, 11) is 0. The summed E-state index contributed by atoms with van der Waals surface area (Å²) in [6.07, 6.45) is 14.6. The zero-order chi connectivity index (χ0) is 24.8. The third-order valence-electron chi connectivity index (χ3n) is 7.11.